The summed E-state index contributed by atoms with van der Waals surface area (Å²) < 4.78 is 0. The van der Waals surface area contributed by atoms with Crippen molar-refractivity contribution in [2.75, 3.05) is 0 Å². The third-order valence-electron chi connectivity index (χ3n) is 4.12. The zero-order chi connectivity index (χ0) is 12.3. The van der Waals surface area contributed by atoms with Crippen LogP contribution in [0.15, 0.2) is 11.1 Å². The monoisotopic (exact) mass is 223 g/mol. The Hall–Kier alpha value is -0.300. The summed E-state index contributed by atoms with van der Waals surface area (Å²) >= 11 is 0. The zero-order valence-electron chi connectivity index (χ0n) is 11.7. The van der Waals surface area contributed by atoms with Gasteiger partial charge in [-0.15, -0.1) is 0 Å². The van der Waals surface area contributed by atoms with E-state index in [2.05, 4.69) is 34.6 Å². The molecule has 1 nitrogen and oxygen atoms in total. The predicted molar refractivity (Wildman–Crippen MR) is 72.3 cm³/mol. The van der Waals surface area contributed by atoms with Gasteiger partial charge in [0.25, 0.3) is 0 Å². The fourth-order valence-electron chi connectivity index (χ4n) is 2.96. The molecule has 0 bridgehead atoms. The highest BCUT2D eigenvalue weighted by Gasteiger charge is 2.30. The second-order valence-corrected chi connectivity index (χ2v) is 6.05. The lowest BCUT2D eigenvalue weighted by Crippen LogP contribution is -2.26. The Morgan fingerprint density at radius 1 is 1.31 bits per heavy atom. The molecule has 94 valence electrons. The van der Waals surface area contributed by atoms with Crippen LogP contribution in [0.2, 0.25) is 0 Å². The molecule has 0 radical (unpaired) electrons. The molecule has 1 aliphatic carbocycles. The Balaban J connectivity index is 2.55. The van der Waals surface area contributed by atoms with Crippen molar-refractivity contribution >= 4 is 0 Å². The summed E-state index contributed by atoms with van der Waals surface area (Å²) in [6.45, 7) is 11.4. The molecule has 3 unspecified atom stereocenters. The summed E-state index contributed by atoms with van der Waals surface area (Å²) in [5, 5.41) is 0. The lowest BCUT2D eigenvalue weighted by atomic mass is 9.68. The van der Waals surface area contributed by atoms with Gasteiger partial charge in [0, 0.05) is 6.04 Å². The fourth-order valence-corrected chi connectivity index (χ4v) is 2.96. The summed E-state index contributed by atoms with van der Waals surface area (Å²) in [4.78, 5) is 0. The SMILES string of the molecule is CCC(CC1=C(C)CC1C(C)C)CC(C)N. The van der Waals surface area contributed by atoms with Gasteiger partial charge in [-0.05, 0) is 50.9 Å². The maximum atomic E-state index is 5.92. The molecule has 16 heavy (non-hydrogen) atoms. The van der Waals surface area contributed by atoms with E-state index in [0.29, 0.717) is 6.04 Å². The number of nitrogens with two attached hydrogens (primary N) is 1. The van der Waals surface area contributed by atoms with Gasteiger partial charge in [0.1, 0.15) is 0 Å². The van der Waals surface area contributed by atoms with Gasteiger partial charge in [0.15, 0.2) is 0 Å². The topological polar surface area (TPSA) is 26.0 Å². The first-order valence-corrected chi connectivity index (χ1v) is 6.89. The van der Waals surface area contributed by atoms with Crippen LogP contribution in [0.4, 0.5) is 0 Å². The molecule has 0 saturated heterocycles. The van der Waals surface area contributed by atoms with Gasteiger partial charge in [-0.3, -0.25) is 0 Å². The predicted octanol–water partition coefficient (Wildman–Crippen LogP) is 4.13. The van der Waals surface area contributed by atoms with Crippen LogP contribution in [0.5, 0.6) is 0 Å². The van der Waals surface area contributed by atoms with E-state index in [-0.39, 0.29) is 0 Å². The van der Waals surface area contributed by atoms with E-state index in [1.807, 2.05) is 0 Å². The van der Waals surface area contributed by atoms with E-state index in [4.69, 9.17) is 5.73 Å². The van der Waals surface area contributed by atoms with Crippen molar-refractivity contribution in [2.24, 2.45) is 23.5 Å². The summed E-state index contributed by atoms with van der Waals surface area (Å²) in [5.74, 6) is 2.47. The molecule has 1 rings (SSSR count). The molecule has 0 heterocycles. The number of hydrogen-bond acceptors (Lipinski definition) is 1. The first-order chi connectivity index (χ1) is 7.45. The van der Waals surface area contributed by atoms with Gasteiger partial charge in [-0.1, -0.05) is 38.3 Å². The van der Waals surface area contributed by atoms with Crippen molar-refractivity contribution in [1.29, 1.82) is 0 Å². The van der Waals surface area contributed by atoms with E-state index >= 15 is 0 Å². The maximum absolute atomic E-state index is 5.92. The molecule has 0 aromatic heterocycles. The quantitative estimate of drug-likeness (QED) is 0.673. The smallest absolute Gasteiger partial charge is 0.00132 e. The summed E-state index contributed by atoms with van der Waals surface area (Å²) in [5.41, 5.74) is 9.32. The first-order valence-electron chi connectivity index (χ1n) is 6.89. The van der Waals surface area contributed by atoms with Crippen molar-refractivity contribution < 1.29 is 0 Å². The lowest BCUT2D eigenvalue weighted by Gasteiger charge is -2.37. The first kappa shape index (κ1) is 13.8. The Labute approximate surface area is 101 Å². The molecule has 0 spiro atoms. The minimum Gasteiger partial charge on any atom is -0.328 e. The Morgan fingerprint density at radius 2 is 1.94 bits per heavy atom. The summed E-state index contributed by atoms with van der Waals surface area (Å²) in [7, 11) is 0. The van der Waals surface area contributed by atoms with E-state index in [9.17, 15) is 0 Å². The largest absolute Gasteiger partial charge is 0.328 e. The highest BCUT2D eigenvalue weighted by Crippen LogP contribution is 2.43. The van der Waals surface area contributed by atoms with Crippen LogP contribution < -0.4 is 5.73 Å². The molecule has 2 N–H and O–H groups in total. The van der Waals surface area contributed by atoms with Gasteiger partial charge in [0.05, 0.1) is 0 Å². The number of hydrogen-bond donors (Lipinski definition) is 1. The van der Waals surface area contributed by atoms with Crippen LogP contribution in [0.25, 0.3) is 0 Å². The molecule has 0 amide bonds. The Morgan fingerprint density at radius 3 is 2.31 bits per heavy atom. The second kappa shape index (κ2) is 5.86. The van der Waals surface area contributed by atoms with E-state index in [1.165, 1.54) is 25.7 Å². The third-order valence-corrected chi connectivity index (χ3v) is 4.12. The van der Waals surface area contributed by atoms with Crippen molar-refractivity contribution in [1.82, 2.24) is 0 Å². The van der Waals surface area contributed by atoms with Crippen LogP contribution >= 0.6 is 0 Å². The van der Waals surface area contributed by atoms with Crippen LogP contribution in [0.3, 0.4) is 0 Å². The molecule has 1 heteroatoms. The van der Waals surface area contributed by atoms with Gasteiger partial charge >= 0.3 is 0 Å². The van der Waals surface area contributed by atoms with Crippen LogP contribution in [-0.4, -0.2) is 6.04 Å². The lowest BCUT2D eigenvalue weighted by molar-refractivity contribution is 0.338. The van der Waals surface area contributed by atoms with Gasteiger partial charge < -0.3 is 5.73 Å². The highest BCUT2D eigenvalue weighted by atomic mass is 14.6. The standard InChI is InChI=1S/C15H29N/c1-6-13(8-12(5)16)9-15-11(4)7-14(15)10(2)3/h10,12-14H,6-9,16H2,1-5H3. The third kappa shape index (κ3) is 3.35. The molecule has 0 aromatic carbocycles. The summed E-state index contributed by atoms with van der Waals surface area (Å²) in [6, 6.07) is 0.350. The number of allylic oxidation sites excluding steroid dienone is 2. The second-order valence-electron chi connectivity index (χ2n) is 6.05. The van der Waals surface area contributed by atoms with Crippen molar-refractivity contribution in [3.05, 3.63) is 11.1 Å². The highest BCUT2D eigenvalue weighted by molar-refractivity contribution is 5.27. The molecular formula is C15H29N. The van der Waals surface area contributed by atoms with E-state index in [1.54, 1.807) is 11.1 Å². The molecule has 0 saturated carbocycles. The minimum atomic E-state index is 0.350. The molecule has 0 aromatic rings. The minimum absolute atomic E-state index is 0.350. The molecule has 0 aliphatic heterocycles. The Bertz CT molecular complexity index is 250. The average molecular weight is 223 g/mol. The van der Waals surface area contributed by atoms with E-state index < -0.39 is 0 Å². The summed E-state index contributed by atoms with van der Waals surface area (Å²) in [6.07, 6.45) is 5.08. The molecular weight excluding hydrogens is 194 g/mol. The average Bonchev–Trinajstić information content (AvgIpc) is 2.19. The Kier molecular flexibility index (Phi) is 5.04. The fraction of sp³-hybridized carbons (Fsp3) is 0.867. The normalized spacial score (nSPS) is 24.6. The maximum Gasteiger partial charge on any atom is 0.00132 e. The molecule has 3 atom stereocenters. The number of rotatable bonds is 6. The molecule has 1 aliphatic rings. The van der Waals surface area contributed by atoms with Crippen LogP contribution in [-0.2, 0) is 0 Å². The van der Waals surface area contributed by atoms with Crippen LogP contribution in [0, 0.1) is 17.8 Å². The van der Waals surface area contributed by atoms with Crippen LogP contribution in [0.1, 0.15) is 60.3 Å². The van der Waals surface area contributed by atoms with E-state index in [0.717, 1.165) is 17.8 Å². The van der Waals surface area contributed by atoms with Gasteiger partial charge in [0.2, 0.25) is 0 Å². The van der Waals surface area contributed by atoms with Gasteiger partial charge in [-0.2, -0.15) is 0 Å². The zero-order valence-corrected chi connectivity index (χ0v) is 11.7. The van der Waals surface area contributed by atoms with Gasteiger partial charge in [-0.25, -0.2) is 0 Å². The van der Waals surface area contributed by atoms with Crippen molar-refractivity contribution in [3.63, 3.8) is 0 Å². The molecule has 0 fully saturated rings. The van der Waals surface area contributed by atoms with Crippen molar-refractivity contribution in [2.45, 2.75) is 66.3 Å². The van der Waals surface area contributed by atoms with Crippen molar-refractivity contribution in [3.8, 4) is 0 Å².